The molecule has 1 aromatic heterocycles. The van der Waals surface area contributed by atoms with E-state index in [4.69, 9.17) is 9.47 Å². The number of alkyl carbamates (subject to hydrolysis) is 1. The lowest BCUT2D eigenvalue weighted by atomic mass is 10.0. The third-order valence-electron chi connectivity index (χ3n) is 7.50. The lowest BCUT2D eigenvalue weighted by Gasteiger charge is -2.28. The predicted molar refractivity (Wildman–Crippen MR) is 163 cm³/mol. The van der Waals surface area contributed by atoms with Crippen LogP contribution in [-0.2, 0) is 26.0 Å². The molecule has 1 heterocycles. The molecule has 0 saturated heterocycles. The van der Waals surface area contributed by atoms with Gasteiger partial charge in [0, 0.05) is 45.6 Å². The van der Waals surface area contributed by atoms with Crippen LogP contribution in [0.3, 0.4) is 0 Å². The molecular weight excluding hydrogens is 528 g/mol. The Balaban J connectivity index is 1.96. The number of sulfonamides is 1. The van der Waals surface area contributed by atoms with E-state index in [1.807, 2.05) is 0 Å². The van der Waals surface area contributed by atoms with E-state index in [0.29, 0.717) is 19.5 Å². The number of aryl methyl sites for hydroxylation is 1. The first-order valence-electron chi connectivity index (χ1n) is 15.7. The van der Waals surface area contributed by atoms with Gasteiger partial charge in [-0.3, -0.25) is 0 Å². The minimum absolute atomic E-state index is 0.0541. The zero-order valence-corrected chi connectivity index (χ0v) is 26.4. The predicted octanol–water partition coefficient (Wildman–Crippen LogP) is 6.59. The van der Waals surface area contributed by atoms with Crippen LogP contribution in [0.5, 0.6) is 0 Å². The summed E-state index contributed by atoms with van der Waals surface area (Å²) in [5.41, 5.74) is -0.782. The molecule has 0 radical (unpaired) electrons. The van der Waals surface area contributed by atoms with Gasteiger partial charge in [0.2, 0.25) is 10.0 Å². The second-order valence-corrected chi connectivity index (χ2v) is 13.1. The number of carbonyl (C=O) groups excluding carboxylic acids is 1. The summed E-state index contributed by atoms with van der Waals surface area (Å²) < 4.78 is 39.7. The van der Waals surface area contributed by atoms with Crippen molar-refractivity contribution in [3.05, 3.63) is 18.7 Å². The van der Waals surface area contributed by atoms with Crippen LogP contribution in [-0.4, -0.2) is 62.2 Å². The van der Waals surface area contributed by atoms with Gasteiger partial charge in [-0.05, 0) is 13.3 Å². The van der Waals surface area contributed by atoms with E-state index in [9.17, 15) is 13.2 Å². The molecule has 234 valence electrons. The number of amides is 1. The molecule has 1 atom stereocenters. The maximum atomic E-state index is 12.3. The maximum absolute atomic E-state index is 12.3. The third-order valence-corrected chi connectivity index (χ3v) is 8.80. The van der Waals surface area contributed by atoms with Crippen molar-refractivity contribution < 1.29 is 22.7 Å². The van der Waals surface area contributed by atoms with E-state index in [1.54, 1.807) is 30.2 Å². The minimum Gasteiger partial charge on any atom is -0.449 e. The van der Waals surface area contributed by atoms with Gasteiger partial charge >= 0.3 is 6.09 Å². The second-order valence-electron chi connectivity index (χ2n) is 11.2. The standard InChI is InChI=1S/C30H58N4O5S/c1-4-5-6-7-8-9-10-11-12-13-14-15-16-17-18-19-21-32-29(35)39-25-20-30(2,38-3)27-33-40(36,37)26-24-34-23-22-31-28-34/h22-23,28,33H,4-21,24-27H2,1-3H3,(H,32,35). The van der Waals surface area contributed by atoms with E-state index in [-0.39, 0.29) is 18.9 Å². The summed E-state index contributed by atoms with van der Waals surface area (Å²) in [6.45, 7) is 5.23. The summed E-state index contributed by atoms with van der Waals surface area (Å²) in [7, 11) is -1.95. The van der Waals surface area contributed by atoms with E-state index in [1.165, 1.54) is 97.0 Å². The quantitative estimate of drug-likeness (QED) is 0.113. The van der Waals surface area contributed by atoms with Gasteiger partial charge < -0.3 is 19.4 Å². The maximum Gasteiger partial charge on any atom is 0.407 e. The fraction of sp³-hybridized carbons (Fsp3) is 0.867. The highest BCUT2D eigenvalue weighted by Gasteiger charge is 2.26. The largest absolute Gasteiger partial charge is 0.449 e. The molecule has 0 saturated carbocycles. The van der Waals surface area contributed by atoms with Crippen LogP contribution in [0.1, 0.15) is 123 Å². The van der Waals surface area contributed by atoms with Gasteiger partial charge in [0.05, 0.1) is 24.3 Å². The van der Waals surface area contributed by atoms with Gasteiger partial charge in [-0.2, -0.15) is 0 Å². The number of hydrogen-bond acceptors (Lipinski definition) is 6. The molecule has 0 bridgehead atoms. The molecule has 40 heavy (non-hydrogen) atoms. The second kappa shape index (κ2) is 23.0. The van der Waals surface area contributed by atoms with Crippen LogP contribution in [0.15, 0.2) is 18.7 Å². The molecule has 1 amide bonds. The average molecular weight is 587 g/mol. The number of rotatable bonds is 27. The zero-order chi connectivity index (χ0) is 29.4. The van der Waals surface area contributed by atoms with Gasteiger partial charge in [-0.1, -0.05) is 103 Å². The lowest BCUT2D eigenvalue weighted by molar-refractivity contribution is -0.0103. The highest BCUT2D eigenvalue weighted by Crippen LogP contribution is 2.15. The Bertz CT molecular complexity index is 835. The fourth-order valence-electron chi connectivity index (χ4n) is 4.52. The summed E-state index contributed by atoms with van der Waals surface area (Å²) in [5.74, 6) is -0.0541. The molecule has 0 aliphatic carbocycles. The molecule has 0 aromatic carbocycles. The Morgan fingerprint density at radius 2 is 1.45 bits per heavy atom. The molecule has 0 aliphatic rings. The van der Waals surface area contributed by atoms with Crippen LogP contribution in [0.25, 0.3) is 0 Å². The minimum atomic E-state index is -3.48. The lowest BCUT2D eigenvalue weighted by Crippen LogP contribution is -2.44. The molecule has 0 aliphatic heterocycles. The van der Waals surface area contributed by atoms with Crippen molar-refractivity contribution in [2.24, 2.45) is 0 Å². The highest BCUT2D eigenvalue weighted by molar-refractivity contribution is 7.89. The number of nitrogens with one attached hydrogen (secondary N) is 2. The van der Waals surface area contributed by atoms with E-state index in [2.05, 4.69) is 21.9 Å². The topological polar surface area (TPSA) is 112 Å². The summed E-state index contributed by atoms with van der Waals surface area (Å²) in [6, 6.07) is 0. The van der Waals surface area contributed by atoms with Crippen molar-refractivity contribution in [2.45, 2.75) is 135 Å². The first kappa shape index (κ1) is 36.4. The van der Waals surface area contributed by atoms with Crippen molar-refractivity contribution in [3.8, 4) is 0 Å². The summed E-state index contributed by atoms with van der Waals surface area (Å²) in [5, 5.41) is 2.80. The molecule has 1 unspecified atom stereocenters. The highest BCUT2D eigenvalue weighted by atomic mass is 32.2. The molecule has 0 spiro atoms. The average Bonchev–Trinajstić information content (AvgIpc) is 3.47. The Morgan fingerprint density at radius 1 is 0.900 bits per heavy atom. The molecule has 0 fully saturated rings. The SMILES string of the molecule is CCCCCCCCCCCCCCCCCCNC(=O)OCCC(C)(CNS(=O)(=O)CCn1ccnc1)OC. The normalized spacial score (nSPS) is 13.3. The number of ether oxygens (including phenoxy) is 2. The number of methoxy groups -OCH3 is 1. The van der Waals surface area contributed by atoms with Crippen molar-refractivity contribution in [1.29, 1.82) is 0 Å². The van der Waals surface area contributed by atoms with Gasteiger partial charge in [-0.15, -0.1) is 0 Å². The van der Waals surface area contributed by atoms with Gasteiger partial charge in [-0.25, -0.2) is 22.9 Å². The van der Waals surface area contributed by atoms with E-state index < -0.39 is 21.7 Å². The number of aromatic nitrogens is 2. The molecule has 1 aromatic rings. The Kier molecular flexibility index (Phi) is 20.9. The Hall–Kier alpha value is -1.65. The van der Waals surface area contributed by atoms with Crippen molar-refractivity contribution in [2.75, 3.05) is 32.6 Å². The number of nitrogens with zero attached hydrogens (tertiary/aromatic N) is 2. The first-order valence-corrected chi connectivity index (χ1v) is 17.3. The van der Waals surface area contributed by atoms with Crippen LogP contribution >= 0.6 is 0 Å². The summed E-state index contributed by atoms with van der Waals surface area (Å²) in [4.78, 5) is 15.9. The smallest absolute Gasteiger partial charge is 0.407 e. The zero-order valence-electron chi connectivity index (χ0n) is 25.6. The van der Waals surface area contributed by atoms with Gasteiger partial charge in [0.25, 0.3) is 0 Å². The van der Waals surface area contributed by atoms with Crippen LogP contribution in [0.2, 0.25) is 0 Å². The molecule has 2 N–H and O–H groups in total. The number of unbranched alkanes of at least 4 members (excludes halogenated alkanes) is 15. The van der Waals surface area contributed by atoms with Crippen LogP contribution in [0.4, 0.5) is 4.79 Å². The summed E-state index contributed by atoms with van der Waals surface area (Å²) in [6.07, 6.45) is 26.0. The van der Waals surface area contributed by atoms with E-state index in [0.717, 1.165) is 12.8 Å². The molecular formula is C30H58N4O5S. The molecule has 10 heteroatoms. The molecule has 1 rings (SSSR count). The monoisotopic (exact) mass is 586 g/mol. The fourth-order valence-corrected chi connectivity index (χ4v) is 5.64. The number of carbonyl (C=O) groups is 1. The van der Waals surface area contributed by atoms with Gasteiger partial charge in [0.15, 0.2) is 0 Å². The van der Waals surface area contributed by atoms with Crippen molar-refractivity contribution in [1.82, 2.24) is 19.6 Å². The van der Waals surface area contributed by atoms with Gasteiger partial charge in [0.1, 0.15) is 0 Å². The Labute approximate surface area is 244 Å². The summed E-state index contributed by atoms with van der Waals surface area (Å²) >= 11 is 0. The van der Waals surface area contributed by atoms with E-state index >= 15 is 0 Å². The first-order chi connectivity index (χ1) is 19.3. The van der Waals surface area contributed by atoms with Crippen molar-refractivity contribution >= 4 is 16.1 Å². The van der Waals surface area contributed by atoms with Crippen LogP contribution in [0, 0.1) is 0 Å². The third kappa shape index (κ3) is 20.3. The Morgan fingerprint density at radius 3 is 1.95 bits per heavy atom. The van der Waals surface area contributed by atoms with Crippen molar-refractivity contribution in [3.63, 3.8) is 0 Å². The number of hydrogen-bond donors (Lipinski definition) is 2. The van der Waals surface area contributed by atoms with Crippen LogP contribution < -0.4 is 10.0 Å². The number of imidazole rings is 1. The molecule has 9 nitrogen and oxygen atoms in total.